The fourth-order valence-electron chi connectivity index (χ4n) is 2.41. The Morgan fingerprint density at radius 3 is 2.88 bits per heavy atom. The van der Waals surface area contributed by atoms with Crippen molar-refractivity contribution in [3.05, 3.63) is 69.3 Å². The summed E-state index contributed by atoms with van der Waals surface area (Å²) in [7, 11) is 0. The van der Waals surface area contributed by atoms with Crippen LogP contribution in [0.25, 0.3) is 28.1 Å². The molecule has 0 unspecified atom stereocenters. The van der Waals surface area contributed by atoms with Gasteiger partial charge in [-0.3, -0.25) is 4.79 Å². The number of aromatic nitrogens is 5. The van der Waals surface area contributed by atoms with Crippen molar-refractivity contribution in [3.63, 3.8) is 0 Å². The lowest BCUT2D eigenvalue weighted by Crippen LogP contribution is -2.08. The van der Waals surface area contributed by atoms with Crippen molar-refractivity contribution in [2.24, 2.45) is 0 Å². The lowest BCUT2D eigenvalue weighted by atomic mass is 10.3. The van der Waals surface area contributed by atoms with Gasteiger partial charge in [0.2, 0.25) is 0 Å². The molecule has 0 saturated carbocycles. The SMILES string of the molecule is Cc1csc2nc(/C=C/c3cn(-c4ccccc4)nn3)[nH]c(=O)c12. The number of nitrogens with one attached hydrogen (secondary N) is 1. The Bertz CT molecular complexity index is 1090. The first kappa shape index (κ1) is 14.5. The maximum absolute atomic E-state index is 12.1. The largest absolute Gasteiger partial charge is 0.306 e. The molecule has 0 aliphatic heterocycles. The third kappa shape index (κ3) is 2.65. The van der Waals surface area contributed by atoms with E-state index in [1.165, 1.54) is 11.3 Å². The number of rotatable bonds is 3. The number of thiophene rings is 1. The van der Waals surface area contributed by atoms with E-state index in [2.05, 4.69) is 20.3 Å². The van der Waals surface area contributed by atoms with Gasteiger partial charge in [-0.05, 0) is 42.2 Å². The molecule has 4 rings (SSSR count). The van der Waals surface area contributed by atoms with Crippen LogP contribution in [0.15, 0.2) is 46.7 Å². The number of para-hydroxylation sites is 1. The number of hydrogen-bond acceptors (Lipinski definition) is 5. The predicted octanol–water partition coefficient (Wildman–Crippen LogP) is 3.04. The van der Waals surface area contributed by atoms with Gasteiger partial charge in [-0.2, -0.15) is 0 Å². The summed E-state index contributed by atoms with van der Waals surface area (Å²) in [6.07, 6.45) is 5.32. The average molecular weight is 335 g/mol. The van der Waals surface area contributed by atoms with Gasteiger partial charge in [0.25, 0.3) is 5.56 Å². The Morgan fingerprint density at radius 2 is 2.04 bits per heavy atom. The summed E-state index contributed by atoms with van der Waals surface area (Å²) in [4.78, 5) is 20.1. The van der Waals surface area contributed by atoms with Crippen LogP contribution in [0.1, 0.15) is 17.1 Å². The van der Waals surface area contributed by atoms with E-state index in [0.717, 1.165) is 16.1 Å². The number of H-pyrrole nitrogens is 1. The van der Waals surface area contributed by atoms with E-state index in [-0.39, 0.29) is 5.56 Å². The quantitative estimate of drug-likeness (QED) is 0.624. The van der Waals surface area contributed by atoms with Crippen LogP contribution in [-0.2, 0) is 0 Å². The molecule has 118 valence electrons. The van der Waals surface area contributed by atoms with E-state index in [1.54, 1.807) is 16.8 Å². The Balaban J connectivity index is 1.64. The fourth-order valence-corrected chi connectivity index (χ4v) is 3.34. The molecule has 1 N–H and O–H groups in total. The van der Waals surface area contributed by atoms with Crippen LogP contribution < -0.4 is 5.56 Å². The van der Waals surface area contributed by atoms with Crippen LogP contribution in [0.3, 0.4) is 0 Å². The second kappa shape index (κ2) is 5.86. The summed E-state index contributed by atoms with van der Waals surface area (Å²) >= 11 is 1.47. The Hall–Kier alpha value is -3.06. The highest BCUT2D eigenvalue weighted by atomic mass is 32.1. The van der Waals surface area contributed by atoms with E-state index in [0.29, 0.717) is 16.9 Å². The van der Waals surface area contributed by atoms with Gasteiger partial charge in [-0.15, -0.1) is 16.4 Å². The Kier molecular flexibility index (Phi) is 3.55. The van der Waals surface area contributed by atoms with Gasteiger partial charge in [-0.1, -0.05) is 23.4 Å². The van der Waals surface area contributed by atoms with Gasteiger partial charge < -0.3 is 4.98 Å². The van der Waals surface area contributed by atoms with E-state index < -0.39 is 0 Å². The second-order valence-electron chi connectivity index (χ2n) is 5.31. The van der Waals surface area contributed by atoms with Crippen molar-refractivity contribution in [2.75, 3.05) is 0 Å². The molecular weight excluding hydrogens is 322 g/mol. The monoisotopic (exact) mass is 335 g/mol. The molecule has 0 saturated heterocycles. The summed E-state index contributed by atoms with van der Waals surface area (Å²) in [6.45, 7) is 1.91. The summed E-state index contributed by atoms with van der Waals surface area (Å²) in [6, 6.07) is 9.74. The number of benzene rings is 1. The van der Waals surface area contributed by atoms with Crippen molar-refractivity contribution in [2.45, 2.75) is 6.92 Å². The molecule has 0 radical (unpaired) electrons. The first-order valence-electron chi connectivity index (χ1n) is 7.35. The van der Waals surface area contributed by atoms with Crippen LogP contribution in [0.2, 0.25) is 0 Å². The first-order valence-corrected chi connectivity index (χ1v) is 8.22. The van der Waals surface area contributed by atoms with Crippen LogP contribution >= 0.6 is 11.3 Å². The molecule has 3 heterocycles. The summed E-state index contributed by atoms with van der Waals surface area (Å²) in [5.41, 5.74) is 2.45. The standard InChI is InChI=1S/C17H13N5OS/c1-11-10-24-17-15(11)16(23)18-14(19-17)8-7-12-9-22(21-20-12)13-5-3-2-4-6-13/h2-10H,1H3,(H,18,19,23)/b8-7+. The van der Waals surface area contributed by atoms with E-state index in [9.17, 15) is 4.79 Å². The third-order valence-electron chi connectivity index (χ3n) is 3.59. The highest BCUT2D eigenvalue weighted by Crippen LogP contribution is 2.20. The normalized spacial score (nSPS) is 11.5. The lowest BCUT2D eigenvalue weighted by Gasteiger charge is -1.96. The molecule has 3 aromatic heterocycles. The van der Waals surface area contributed by atoms with Gasteiger partial charge in [0.05, 0.1) is 17.3 Å². The molecule has 0 amide bonds. The predicted molar refractivity (Wildman–Crippen MR) is 95.3 cm³/mol. The molecule has 0 atom stereocenters. The minimum Gasteiger partial charge on any atom is -0.306 e. The van der Waals surface area contributed by atoms with Crippen LogP contribution in [-0.4, -0.2) is 25.0 Å². The van der Waals surface area contributed by atoms with Crippen molar-refractivity contribution < 1.29 is 0 Å². The zero-order valence-electron chi connectivity index (χ0n) is 12.8. The first-order chi connectivity index (χ1) is 11.7. The van der Waals surface area contributed by atoms with Crippen molar-refractivity contribution >= 4 is 33.7 Å². The van der Waals surface area contributed by atoms with Gasteiger partial charge in [0, 0.05) is 0 Å². The molecule has 4 aromatic rings. The molecule has 0 spiro atoms. The van der Waals surface area contributed by atoms with Gasteiger partial charge in [0.1, 0.15) is 16.3 Å². The molecule has 0 fully saturated rings. The smallest absolute Gasteiger partial charge is 0.260 e. The molecule has 1 aromatic carbocycles. The lowest BCUT2D eigenvalue weighted by molar-refractivity contribution is 0.802. The fraction of sp³-hybridized carbons (Fsp3) is 0.0588. The maximum Gasteiger partial charge on any atom is 0.260 e. The van der Waals surface area contributed by atoms with Crippen LogP contribution in [0.5, 0.6) is 0 Å². The topological polar surface area (TPSA) is 76.5 Å². The van der Waals surface area contributed by atoms with Gasteiger partial charge in [0.15, 0.2) is 0 Å². The van der Waals surface area contributed by atoms with E-state index in [1.807, 2.05) is 48.8 Å². The molecule has 7 heteroatoms. The Morgan fingerprint density at radius 1 is 1.21 bits per heavy atom. The van der Waals surface area contributed by atoms with E-state index >= 15 is 0 Å². The zero-order chi connectivity index (χ0) is 16.5. The maximum atomic E-state index is 12.1. The van der Waals surface area contributed by atoms with Crippen molar-refractivity contribution in [3.8, 4) is 5.69 Å². The number of aromatic amines is 1. The average Bonchev–Trinajstić information content (AvgIpc) is 3.21. The second-order valence-corrected chi connectivity index (χ2v) is 6.16. The molecule has 0 aliphatic carbocycles. The highest BCUT2D eigenvalue weighted by Gasteiger charge is 2.07. The van der Waals surface area contributed by atoms with Crippen LogP contribution in [0.4, 0.5) is 0 Å². The minimum atomic E-state index is -0.119. The molecular formula is C17H13N5OS. The number of nitrogens with zero attached hydrogens (tertiary/aromatic N) is 4. The summed E-state index contributed by atoms with van der Waals surface area (Å²) < 4.78 is 1.70. The van der Waals surface area contributed by atoms with Gasteiger partial charge >= 0.3 is 0 Å². The molecule has 0 bridgehead atoms. The van der Waals surface area contributed by atoms with Crippen molar-refractivity contribution in [1.29, 1.82) is 0 Å². The Labute approximate surface area is 141 Å². The molecule has 0 aliphatic rings. The third-order valence-corrected chi connectivity index (χ3v) is 4.58. The number of hydrogen-bond donors (Lipinski definition) is 1. The molecule has 24 heavy (non-hydrogen) atoms. The number of fused-ring (bicyclic) bond motifs is 1. The van der Waals surface area contributed by atoms with E-state index in [4.69, 9.17) is 0 Å². The van der Waals surface area contributed by atoms with Gasteiger partial charge in [-0.25, -0.2) is 9.67 Å². The zero-order valence-corrected chi connectivity index (χ0v) is 13.6. The van der Waals surface area contributed by atoms with Crippen LogP contribution in [0, 0.1) is 6.92 Å². The minimum absolute atomic E-state index is 0.119. The summed E-state index contributed by atoms with van der Waals surface area (Å²) in [5, 5.41) is 10.8. The van der Waals surface area contributed by atoms with Crippen molar-refractivity contribution in [1.82, 2.24) is 25.0 Å². The summed E-state index contributed by atoms with van der Waals surface area (Å²) in [5.74, 6) is 0.503. The highest BCUT2D eigenvalue weighted by molar-refractivity contribution is 7.16. The number of aryl methyl sites for hydroxylation is 1. The molecule has 6 nitrogen and oxygen atoms in total.